The summed E-state index contributed by atoms with van der Waals surface area (Å²) in [7, 11) is 0. The minimum absolute atomic E-state index is 0.267. The number of halogens is 1. The summed E-state index contributed by atoms with van der Waals surface area (Å²) in [5.41, 5.74) is 2.32. The first-order valence-electron chi connectivity index (χ1n) is 5.85. The van der Waals surface area contributed by atoms with Gasteiger partial charge in [-0.3, -0.25) is 0 Å². The Kier molecular flexibility index (Phi) is 3.55. The molecule has 0 fully saturated rings. The highest BCUT2D eigenvalue weighted by Gasteiger charge is 2.07. The SMILES string of the molecule is CCOc1ccc(-c2cc(C)nc(C)n2)cc1F. The average molecular weight is 246 g/mol. The van der Waals surface area contributed by atoms with E-state index >= 15 is 0 Å². The molecule has 0 aliphatic carbocycles. The second-order valence-corrected chi connectivity index (χ2v) is 4.02. The van der Waals surface area contributed by atoms with Crippen molar-refractivity contribution in [3.05, 3.63) is 41.6 Å². The van der Waals surface area contributed by atoms with Crippen LogP contribution in [0.15, 0.2) is 24.3 Å². The van der Waals surface area contributed by atoms with Crippen LogP contribution in [0.25, 0.3) is 11.3 Å². The molecule has 0 bridgehead atoms. The van der Waals surface area contributed by atoms with Crippen molar-refractivity contribution in [3.8, 4) is 17.0 Å². The molecule has 0 saturated carbocycles. The van der Waals surface area contributed by atoms with Gasteiger partial charge in [-0.05, 0) is 45.0 Å². The van der Waals surface area contributed by atoms with Gasteiger partial charge in [-0.15, -0.1) is 0 Å². The Morgan fingerprint density at radius 1 is 1.17 bits per heavy atom. The van der Waals surface area contributed by atoms with Crippen LogP contribution in [0.4, 0.5) is 4.39 Å². The topological polar surface area (TPSA) is 35.0 Å². The van der Waals surface area contributed by atoms with Crippen LogP contribution in [0.1, 0.15) is 18.4 Å². The molecule has 0 aliphatic heterocycles. The third-order valence-corrected chi connectivity index (χ3v) is 2.49. The number of aromatic nitrogens is 2. The van der Waals surface area contributed by atoms with Crippen molar-refractivity contribution in [1.82, 2.24) is 9.97 Å². The van der Waals surface area contributed by atoms with Crippen molar-refractivity contribution in [2.24, 2.45) is 0 Å². The van der Waals surface area contributed by atoms with E-state index in [0.29, 0.717) is 12.4 Å². The third-order valence-electron chi connectivity index (χ3n) is 2.49. The van der Waals surface area contributed by atoms with Gasteiger partial charge in [0.05, 0.1) is 12.3 Å². The molecule has 94 valence electrons. The quantitative estimate of drug-likeness (QED) is 0.833. The first-order valence-corrected chi connectivity index (χ1v) is 5.85. The van der Waals surface area contributed by atoms with E-state index in [-0.39, 0.29) is 11.6 Å². The van der Waals surface area contributed by atoms with Crippen molar-refractivity contribution in [1.29, 1.82) is 0 Å². The van der Waals surface area contributed by atoms with Gasteiger partial charge in [0.25, 0.3) is 0 Å². The van der Waals surface area contributed by atoms with Gasteiger partial charge in [0, 0.05) is 11.3 Å². The molecule has 0 atom stereocenters. The predicted octanol–water partition coefficient (Wildman–Crippen LogP) is 3.30. The number of hydrogen-bond donors (Lipinski definition) is 0. The lowest BCUT2D eigenvalue weighted by molar-refractivity contribution is 0.321. The Morgan fingerprint density at radius 3 is 2.56 bits per heavy atom. The van der Waals surface area contributed by atoms with Crippen LogP contribution < -0.4 is 4.74 Å². The lowest BCUT2D eigenvalue weighted by atomic mass is 10.1. The monoisotopic (exact) mass is 246 g/mol. The van der Waals surface area contributed by atoms with Gasteiger partial charge in [0.15, 0.2) is 11.6 Å². The highest BCUT2D eigenvalue weighted by molar-refractivity contribution is 5.60. The number of benzene rings is 1. The molecule has 0 spiro atoms. The second-order valence-electron chi connectivity index (χ2n) is 4.02. The highest BCUT2D eigenvalue weighted by Crippen LogP contribution is 2.24. The molecule has 0 radical (unpaired) electrons. The maximum atomic E-state index is 13.8. The van der Waals surface area contributed by atoms with Gasteiger partial charge in [-0.1, -0.05) is 0 Å². The average Bonchev–Trinajstić information content (AvgIpc) is 2.30. The van der Waals surface area contributed by atoms with E-state index in [1.807, 2.05) is 26.8 Å². The minimum Gasteiger partial charge on any atom is -0.491 e. The van der Waals surface area contributed by atoms with E-state index in [9.17, 15) is 4.39 Å². The van der Waals surface area contributed by atoms with Crippen LogP contribution in [-0.2, 0) is 0 Å². The van der Waals surface area contributed by atoms with Crippen molar-refractivity contribution in [2.45, 2.75) is 20.8 Å². The van der Waals surface area contributed by atoms with Crippen LogP contribution in [0.5, 0.6) is 5.75 Å². The molecular formula is C14H15FN2O. The summed E-state index contributed by atoms with van der Waals surface area (Å²) >= 11 is 0. The van der Waals surface area contributed by atoms with Gasteiger partial charge < -0.3 is 4.74 Å². The van der Waals surface area contributed by atoms with Crippen LogP contribution in [0, 0.1) is 19.7 Å². The summed E-state index contributed by atoms with van der Waals surface area (Å²) in [4.78, 5) is 8.50. The number of nitrogens with zero attached hydrogens (tertiary/aromatic N) is 2. The molecule has 18 heavy (non-hydrogen) atoms. The van der Waals surface area contributed by atoms with E-state index in [4.69, 9.17) is 4.74 Å². The number of rotatable bonds is 3. The van der Waals surface area contributed by atoms with E-state index in [0.717, 1.165) is 17.0 Å². The molecule has 1 aromatic heterocycles. The van der Waals surface area contributed by atoms with E-state index < -0.39 is 0 Å². The predicted molar refractivity (Wildman–Crippen MR) is 68.1 cm³/mol. The molecule has 1 aromatic carbocycles. The second kappa shape index (κ2) is 5.12. The molecule has 2 rings (SSSR count). The fraction of sp³-hybridized carbons (Fsp3) is 0.286. The zero-order valence-corrected chi connectivity index (χ0v) is 10.7. The van der Waals surface area contributed by atoms with E-state index in [2.05, 4.69) is 9.97 Å². The zero-order chi connectivity index (χ0) is 13.1. The summed E-state index contributed by atoms with van der Waals surface area (Å²) < 4.78 is 18.9. The summed E-state index contributed by atoms with van der Waals surface area (Å²) in [6, 6.07) is 6.70. The lowest BCUT2D eigenvalue weighted by Gasteiger charge is -2.07. The molecule has 1 heterocycles. The summed E-state index contributed by atoms with van der Waals surface area (Å²) in [6.07, 6.45) is 0. The van der Waals surface area contributed by atoms with Crippen LogP contribution >= 0.6 is 0 Å². The van der Waals surface area contributed by atoms with Crippen LogP contribution in [0.2, 0.25) is 0 Å². The number of aryl methyl sites for hydroxylation is 2. The highest BCUT2D eigenvalue weighted by atomic mass is 19.1. The van der Waals surface area contributed by atoms with Crippen molar-refractivity contribution >= 4 is 0 Å². The van der Waals surface area contributed by atoms with E-state index in [1.165, 1.54) is 6.07 Å². The number of hydrogen-bond acceptors (Lipinski definition) is 3. The first kappa shape index (κ1) is 12.5. The Labute approximate surface area is 106 Å². The normalized spacial score (nSPS) is 10.4. The largest absolute Gasteiger partial charge is 0.491 e. The summed E-state index contributed by atoms with van der Waals surface area (Å²) in [5.74, 6) is 0.575. The number of ether oxygens (including phenoxy) is 1. The smallest absolute Gasteiger partial charge is 0.165 e. The molecule has 3 nitrogen and oxygen atoms in total. The maximum Gasteiger partial charge on any atom is 0.165 e. The maximum absolute atomic E-state index is 13.8. The Bertz CT molecular complexity index is 549. The molecule has 0 unspecified atom stereocenters. The Morgan fingerprint density at radius 2 is 1.94 bits per heavy atom. The van der Waals surface area contributed by atoms with Gasteiger partial charge in [-0.2, -0.15) is 0 Å². The summed E-state index contributed by atoms with van der Waals surface area (Å²) in [5, 5.41) is 0. The molecule has 0 amide bonds. The Hall–Kier alpha value is -1.97. The summed E-state index contributed by atoms with van der Waals surface area (Å²) in [6.45, 7) is 5.98. The molecule has 0 aliphatic rings. The standard InChI is InChI=1S/C14H15FN2O/c1-4-18-14-6-5-11(8-12(14)15)13-7-9(2)16-10(3)17-13/h5-8H,4H2,1-3H3. The van der Waals surface area contributed by atoms with Gasteiger partial charge in [0.1, 0.15) is 5.82 Å². The fourth-order valence-electron chi connectivity index (χ4n) is 1.80. The van der Waals surface area contributed by atoms with Crippen molar-refractivity contribution in [2.75, 3.05) is 6.61 Å². The van der Waals surface area contributed by atoms with Gasteiger partial charge in [-0.25, -0.2) is 14.4 Å². The molecule has 0 saturated heterocycles. The van der Waals surface area contributed by atoms with Crippen molar-refractivity contribution in [3.63, 3.8) is 0 Å². The lowest BCUT2D eigenvalue weighted by Crippen LogP contribution is -1.97. The minimum atomic E-state index is -0.372. The van der Waals surface area contributed by atoms with Gasteiger partial charge >= 0.3 is 0 Å². The van der Waals surface area contributed by atoms with Crippen LogP contribution in [-0.4, -0.2) is 16.6 Å². The van der Waals surface area contributed by atoms with Crippen LogP contribution in [0.3, 0.4) is 0 Å². The van der Waals surface area contributed by atoms with Crippen molar-refractivity contribution < 1.29 is 9.13 Å². The zero-order valence-electron chi connectivity index (χ0n) is 10.7. The molecule has 2 aromatic rings. The van der Waals surface area contributed by atoms with E-state index in [1.54, 1.807) is 12.1 Å². The Balaban J connectivity index is 2.42. The first-order chi connectivity index (χ1) is 8.60. The molecular weight excluding hydrogens is 231 g/mol. The third kappa shape index (κ3) is 2.64. The fourth-order valence-corrected chi connectivity index (χ4v) is 1.80. The molecule has 0 N–H and O–H groups in total. The van der Waals surface area contributed by atoms with Gasteiger partial charge in [0.2, 0.25) is 0 Å². The molecule has 4 heteroatoms.